The molecule has 5 nitrogen and oxygen atoms in total. The number of rotatable bonds is 6. The third kappa shape index (κ3) is 5.44. The van der Waals surface area contributed by atoms with E-state index < -0.39 is 0 Å². The summed E-state index contributed by atoms with van der Waals surface area (Å²) in [6.07, 6.45) is 2.16. The zero-order valence-electron chi connectivity index (χ0n) is 35.8. The Balaban J connectivity index is 0.945. The van der Waals surface area contributed by atoms with Crippen molar-refractivity contribution in [1.82, 2.24) is 23.1 Å². The largest absolute Gasteiger partial charge is 0.309 e. The summed E-state index contributed by atoms with van der Waals surface area (Å²) in [7, 11) is 0. The molecule has 0 aliphatic heterocycles. The Hall–Kier alpha value is -8.93. The molecular formula is C61H39N5. The van der Waals surface area contributed by atoms with Crippen LogP contribution in [0.1, 0.15) is 0 Å². The lowest BCUT2D eigenvalue weighted by Crippen LogP contribution is -1.96. The van der Waals surface area contributed by atoms with Crippen LogP contribution in [0.25, 0.3) is 122 Å². The average Bonchev–Trinajstić information content (AvgIpc) is 4.13. The summed E-state index contributed by atoms with van der Waals surface area (Å²) in [5.74, 6) is 0. The van der Waals surface area contributed by atoms with Gasteiger partial charge in [0.25, 0.3) is 0 Å². The van der Waals surface area contributed by atoms with Crippen LogP contribution in [-0.4, -0.2) is 23.1 Å². The van der Waals surface area contributed by atoms with Crippen LogP contribution < -0.4 is 0 Å². The highest BCUT2D eigenvalue weighted by molar-refractivity contribution is 6.14. The second kappa shape index (κ2) is 14.3. The molecule has 0 bridgehead atoms. The van der Waals surface area contributed by atoms with Gasteiger partial charge in [-0.05, 0) is 96.1 Å². The maximum Gasteiger partial charge on any atom is 0.138 e. The standard InChI is InChI=1S/C61H39N5/c1-3-15-41(16-4-1)60-61(42-17-5-2-6-18-42)63-36-35-43(37-59(63)62-60)40-27-29-44(30-28-40)64-57-33-31-45(65-53-23-11-7-19-47(53)48-20-8-12-24-54(48)65)38-51(57)52-39-46(32-34-58(52)64)66-55-25-13-9-21-49(55)50-22-10-14-26-56(50)66/h1-39H. The molecule has 0 atom stereocenters. The van der Waals surface area contributed by atoms with Crippen LogP contribution in [0, 0.1) is 0 Å². The molecule has 0 aliphatic rings. The zero-order valence-corrected chi connectivity index (χ0v) is 35.8. The number of hydrogen-bond donors (Lipinski definition) is 0. The SMILES string of the molecule is c1ccc(-c2nc3cc(-c4ccc(-n5c6ccc(-n7c8ccccc8c8ccccc87)cc6c6cc(-n7c8ccccc8c8ccccc87)ccc65)cc4)ccn3c2-c2ccccc2)cc1. The molecule has 0 amide bonds. The molecule has 5 aromatic heterocycles. The van der Waals surface area contributed by atoms with E-state index in [-0.39, 0.29) is 0 Å². The molecule has 0 N–H and O–H groups in total. The number of imidazole rings is 1. The lowest BCUT2D eigenvalue weighted by atomic mass is 10.0. The van der Waals surface area contributed by atoms with Crippen LogP contribution in [0.2, 0.25) is 0 Å². The van der Waals surface area contributed by atoms with E-state index in [0.717, 1.165) is 67.4 Å². The Labute approximate surface area is 379 Å². The second-order valence-corrected chi connectivity index (χ2v) is 17.2. The summed E-state index contributed by atoms with van der Waals surface area (Å²) in [4.78, 5) is 5.25. The number of aromatic nitrogens is 5. The van der Waals surface area contributed by atoms with Gasteiger partial charge < -0.3 is 13.7 Å². The number of hydrogen-bond acceptors (Lipinski definition) is 1. The van der Waals surface area contributed by atoms with Crippen molar-refractivity contribution >= 4 is 71.1 Å². The zero-order chi connectivity index (χ0) is 43.3. The number of benzene rings is 9. The van der Waals surface area contributed by atoms with Crippen LogP contribution in [0.15, 0.2) is 237 Å². The molecule has 0 aliphatic carbocycles. The maximum absolute atomic E-state index is 5.25. The van der Waals surface area contributed by atoms with Crippen molar-refractivity contribution in [3.63, 3.8) is 0 Å². The molecule has 308 valence electrons. The summed E-state index contributed by atoms with van der Waals surface area (Å²) in [5.41, 5.74) is 17.9. The van der Waals surface area contributed by atoms with Crippen molar-refractivity contribution in [1.29, 1.82) is 0 Å². The third-order valence-corrected chi connectivity index (χ3v) is 13.6. The highest BCUT2D eigenvalue weighted by Gasteiger charge is 2.20. The van der Waals surface area contributed by atoms with E-state index in [9.17, 15) is 0 Å². The van der Waals surface area contributed by atoms with Crippen molar-refractivity contribution in [3.05, 3.63) is 237 Å². The van der Waals surface area contributed by atoms with Gasteiger partial charge in [-0.3, -0.25) is 4.40 Å². The molecule has 5 heteroatoms. The Morgan fingerprint density at radius 3 is 1.18 bits per heavy atom. The minimum absolute atomic E-state index is 0.912. The van der Waals surface area contributed by atoms with Crippen molar-refractivity contribution in [2.45, 2.75) is 0 Å². The minimum atomic E-state index is 0.912. The molecule has 66 heavy (non-hydrogen) atoms. The number of fused-ring (bicyclic) bond motifs is 10. The number of nitrogens with zero attached hydrogens (tertiary/aromatic N) is 5. The molecule has 0 radical (unpaired) electrons. The molecular weight excluding hydrogens is 803 g/mol. The Morgan fingerprint density at radius 1 is 0.273 bits per heavy atom. The molecule has 9 aromatic carbocycles. The highest BCUT2D eigenvalue weighted by Crippen LogP contribution is 2.40. The number of pyridine rings is 1. The lowest BCUT2D eigenvalue weighted by Gasteiger charge is -2.12. The third-order valence-electron chi connectivity index (χ3n) is 13.6. The monoisotopic (exact) mass is 841 g/mol. The first-order valence-electron chi connectivity index (χ1n) is 22.5. The molecule has 0 unspecified atom stereocenters. The minimum Gasteiger partial charge on any atom is -0.309 e. The first-order chi connectivity index (χ1) is 32.7. The fourth-order valence-corrected chi connectivity index (χ4v) is 10.7. The summed E-state index contributed by atoms with van der Waals surface area (Å²) in [5, 5.41) is 7.41. The van der Waals surface area contributed by atoms with Gasteiger partial charge in [-0.25, -0.2) is 4.98 Å². The Morgan fingerprint density at radius 2 is 0.682 bits per heavy atom. The van der Waals surface area contributed by atoms with E-state index in [0.29, 0.717) is 0 Å². The maximum atomic E-state index is 5.25. The van der Waals surface area contributed by atoms with Crippen LogP contribution in [0.5, 0.6) is 0 Å². The van der Waals surface area contributed by atoms with Crippen LogP contribution in [-0.2, 0) is 0 Å². The molecule has 0 spiro atoms. The predicted molar refractivity (Wildman–Crippen MR) is 275 cm³/mol. The molecule has 5 heterocycles. The van der Waals surface area contributed by atoms with Gasteiger partial charge in [0.2, 0.25) is 0 Å². The van der Waals surface area contributed by atoms with Crippen LogP contribution >= 0.6 is 0 Å². The molecule has 0 saturated carbocycles. The fourth-order valence-electron chi connectivity index (χ4n) is 10.7. The topological polar surface area (TPSA) is 32.1 Å². The smallest absolute Gasteiger partial charge is 0.138 e. The first kappa shape index (κ1) is 36.5. The molecule has 14 rings (SSSR count). The van der Waals surface area contributed by atoms with Gasteiger partial charge in [0, 0.05) is 66.7 Å². The Bertz CT molecular complexity index is 3930. The predicted octanol–water partition coefficient (Wildman–Crippen LogP) is 15.6. The van der Waals surface area contributed by atoms with Gasteiger partial charge in [-0.2, -0.15) is 0 Å². The second-order valence-electron chi connectivity index (χ2n) is 17.2. The highest BCUT2D eigenvalue weighted by atomic mass is 15.0. The van der Waals surface area contributed by atoms with E-state index in [1.807, 2.05) is 0 Å². The number of para-hydroxylation sites is 4. The van der Waals surface area contributed by atoms with Crippen molar-refractivity contribution < 1.29 is 0 Å². The quantitative estimate of drug-likeness (QED) is 0.164. The van der Waals surface area contributed by atoms with Gasteiger partial charge in [0.05, 0.1) is 44.5 Å². The van der Waals surface area contributed by atoms with Crippen LogP contribution in [0.4, 0.5) is 0 Å². The normalized spacial score (nSPS) is 11.9. The summed E-state index contributed by atoms with van der Waals surface area (Å²) < 4.78 is 9.48. The van der Waals surface area contributed by atoms with Gasteiger partial charge >= 0.3 is 0 Å². The van der Waals surface area contributed by atoms with Crippen molar-refractivity contribution in [2.24, 2.45) is 0 Å². The van der Waals surface area contributed by atoms with Crippen LogP contribution in [0.3, 0.4) is 0 Å². The lowest BCUT2D eigenvalue weighted by molar-refractivity contribution is 1.16. The van der Waals surface area contributed by atoms with Gasteiger partial charge in [0.15, 0.2) is 0 Å². The molecule has 14 aromatic rings. The Kier molecular flexibility index (Phi) is 7.91. The van der Waals surface area contributed by atoms with Gasteiger partial charge in [-0.15, -0.1) is 0 Å². The first-order valence-corrected chi connectivity index (χ1v) is 22.5. The molecule has 0 saturated heterocycles. The molecule has 0 fully saturated rings. The average molecular weight is 842 g/mol. The van der Waals surface area contributed by atoms with Crippen molar-refractivity contribution in [3.8, 4) is 50.7 Å². The van der Waals surface area contributed by atoms with Crippen molar-refractivity contribution in [2.75, 3.05) is 0 Å². The summed E-state index contributed by atoms with van der Waals surface area (Å²) in [6.45, 7) is 0. The summed E-state index contributed by atoms with van der Waals surface area (Å²) >= 11 is 0. The summed E-state index contributed by atoms with van der Waals surface area (Å²) in [6, 6.07) is 83.4. The van der Waals surface area contributed by atoms with E-state index in [2.05, 4.69) is 255 Å². The van der Waals surface area contributed by atoms with E-state index >= 15 is 0 Å². The van der Waals surface area contributed by atoms with Gasteiger partial charge in [-0.1, -0.05) is 146 Å². The van der Waals surface area contributed by atoms with E-state index in [1.54, 1.807) is 0 Å². The van der Waals surface area contributed by atoms with E-state index in [4.69, 9.17) is 4.98 Å². The van der Waals surface area contributed by atoms with E-state index in [1.165, 1.54) is 54.4 Å². The fraction of sp³-hybridized carbons (Fsp3) is 0. The van der Waals surface area contributed by atoms with Gasteiger partial charge in [0.1, 0.15) is 5.65 Å².